The molecular formula is C24H22F2N4O2S. The Morgan fingerprint density at radius 2 is 1.55 bits per heavy atom. The minimum atomic E-state index is -0.420. The number of nitrogens with one attached hydrogen (secondary N) is 2. The fourth-order valence-electron chi connectivity index (χ4n) is 3.39. The van der Waals surface area contributed by atoms with Gasteiger partial charge in [0, 0.05) is 13.1 Å². The van der Waals surface area contributed by atoms with E-state index in [4.69, 9.17) is 4.74 Å². The maximum absolute atomic E-state index is 13.2. The second kappa shape index (κ2) is 10.0. The number of esters is 1. The van der Waals surface area contributed by atoms with Gasteiger partial charge in [-0.15, -0.1) is 11.3 Å². The highest BCUT2D eigenvalue weighted by atomic mass is 32.1. The molecule has 4 rings (SSSR count). The zero-order valence-corrected chi connectivity index (χ0v) is 18.9. The summed E-state index contributed by atoms with van der Waals surface area (Å²) in [5, 5.41) is 7.32. The second-order valence-electron chi connectivity index (χ2n) is 7.43. The zero-order valence-electron chi connectivity index (χ0n) is 18.1. The highest BCUT2D eigenvalue weighted by Gasteiger charge is 2.21. The topological polar surface area (TPSA) is 76.1 Å². The van der Waals surface area contributed by atoms with Crippen molar-refractivity contribution >= 4 is 33.3 Å². The van der Waals surface area contributed by atoms with Crippen molar-refractivity contribution in [3.05, 3.63) is 87.6 Å². The molecule has 2 N–H and O–H groups in total. The largest absolute Gasteiger partial charge is 0.465 e. The van der Waals surface area contributed by atoms with E-state index in [1.165, 1.54) is 42.7 Å². The average Bonchev–Trinajstić information content (AvgIpc) is 3.15. The van der Waals surface area contributed by atoms with Crippen LogP contribution >= 0.6 is 11.3 Å². The fraction of sp³-hybridized carbons (Fsp3) is 0.208. The van der Waals surface area contributed by atoms with Crippen LogP contribution in [0.15, 0.2) is 48.5 Å². The Bertz CT molecular complexity index is 1270. The van der Waals surface area contributed by atoms with Crippen LogP contribution in [-0.2, 0) is 24.4 Å². The Morgan fingerprint density at radius 3 is 2.15 bits per heavy atom. The normalized spacial score (nSPS) is 11.0. The van der Waals surface area contributed by atoms with E-state index in [2.05, 4.69) is 20.6 Å². The Balaban J connectivity index is 1.60. The smallest absolute Gasteiger partial charge is 0.348 e. The number of ether oxygens (including phenoxy) is 1. The lowest BCUT2D eigenvalue weighted by Crippen LogP contribution is -2.16. The number of anilines is 1. The molecule has 0 fully saturated rings. The molecule has 0 atom stereocenters. The van der Waals surface area contributed by atoms with Crippen molar-refractivity contribution in [2.45, 2.75) is 26.6 Å². The van der Waals surface area contributed by atoms with Gasteiger partial charge in [0.2, 0.25) is 0 Å². The van der Waals surface area contributed by atoms with Gasteiger partial charge in [0.15, 0.2) is 0 Å². The number of aryl methyl sites for hydroxylation is 1. The summed E-state index contributed by atoms with van der Waals surface area (Å²) in [5.74, 6) is 0.139. The number of carbonyl (C=O) groups is 1. The van der Waals surface area contributed by atoms with Crippen molar-refractivity contribution in [2.24, 2.45) is 0 Å². The first-order valence-electron chi connectivity index (χ1n) is 10.3. The lowest BCUT2D eigenvalue weighted by atomic mass is 10.2. The standard InChI is InChI=1S/C24H22F2N4O2S/c1-14-20-22(28-12-16-5-9-18(26)10-6-16)29-19(30-23(20)33-21(14)24(31)32-2)13-27-11-15-3-7-17(25)8-4-15/h3-10,27H,11-13H2,1-2H3,(H,28,29,30). The molecule has 2 aromatic heterocycles. The van der Waals surface area contributed by atoms with Gasteiger partial charge in [-0.1, -0.05) is 24.3 Å². The van der Waals surface area contributed by atoms with Crippen LogP contribution in [0.5, 0.6) is 0 Å². The first-order valence-corrected chi connectivity index (χ1v) is 11.1. The van der Waals surface area contributed by atoms with Crippen LogP contribution in [0.25, 0.3) is 10.2 Å². The molecule has 2 heterocycles. The van der Waals surface area contributed by atoms with Gasteiger partial charge in [-0.2, -0.15) is 0 Å². The number of hydrogen-bond acceptors (Lipinski definition) is 7. The predicted octanol–water partition coefficient (Wildman–Crippen LogP) is 4.97. The molecule has 0 spiro atoms. The monoisotopic (exact) mass is 468 g/mol. The van der Waals surface area contributed by atoms with Gasteiger partial charge in [-0.05, 0) is 47.9 Å². The third-order valence-electron chi connectivity index (χ3n) is 5.11. The molecule has 0 unspecified atom stereocenters. The Morgan fingerprint density at radius 1 is 0.939 bits per heavy atom. The van der Waals surface area contributed by atoms with E-state index in [-0.39, 0.29) is 11.6 Å². The number of rotatable bonds is 8. The van der Waals surface area contributed by atoms with Gasteiger partial charge in [0.1, 0.15) is 33.0 Å². The molecule has 0 saturated heterocycles. The van der Waals surface area contributed by atoms with Crippen LogP contribution in [0.4, 0.5) is 14.6 Å². The molecule has 0 aliphatic rings. The van der Waals surface area contributed by atoms with E-state index >= 15 is 0 Å². The SMILES string of the molecule is COC(=O)c1sc2nc(CNCc3ccc(F)cc3)nc(NCc3ccc(F)cc3)c2c1C. The van der Waals surface area contributed by atoms with E-state index in [1.54, 1.807) is 24.3 Å². The summed E-state index contributed by atoms with van der Waals surface area (Å²) in [7, 11) is 1.34. The molecular weight excluding hydrogens is 446 g/mol. The number of hydrogen-bond donors (Lipinski definition) is 2. The molecule has 6 nitrogen and oxygen atoms in total. The molecule has 0 aliphatic carbocycles. The van der Waals surface area contributed by atoms with Crippen LogP contribution in [0.3, 0.4) is 0 Å². The highest BCUT2D eigenvalue weighted by molar-refractivity contribution is 7.20. The van der Waals surface area contributed by atoms with Crippen molar-refractivity contribution < 1.29 is 18.3 Å². The molecule has 2 aromatic carbocycles. The van der Waals surface area contributed by atoms with E-state index < -0.39 is 5.97 Å². The second-order valence-corrected chi connectivity index (χ2v) is 8.43. The summed E-state index contributed by atoms with van der Waals surface area (Å²) in [4.78, 5) is 22.7. The van der Waals surface area contributed by atoms with Gasteiger partial charge in [-0.25, -0.2) is 23.5 Å². The lowest BCUT2D eigenvalue weighted by molar-refractivity contribution is 0.0605. The van der Waals surface area contributed by atoms with Crippen molar-refractivity contribution in [3.8, 4) is 0 Å². The third kappa shape index (κ3) is 5.32. The molecule has 0 bridgehead atoms. The van der Waals surface area contributed by atoms with Crippen molar-refractivity contribution in [3.63, 3.8) is 0 Å². The van der Waals surface area contributed by atoms with Crippen LogP contribution in [0, 0.1) is 18.6 Å². The number of carbonyl (C=O) groups excluding carboxylic acids is 1. The maximum Gasteiger partial charge on any atom is 0.348 e. The van der Waals surface area contributed by atoms with E-state index in [0.29, 0.717) is 41.0 Å². The summed E-state index contributed by atoms with van der Waals surface area (Å²) >= 11 is 1.26. The summed E-state index contributed by atoms with van der Waals surface area (Å²) in [6.45, 7) is 3.17. The number of thiophene rings is 1. The Labute approximate surface area is 193 Å². The van der Waals surface area contributed by atoms with Gasteiger partial charge >= 0.3 is 5.97 Å². The molecule has 9 heteroatoms. The molecule has 0 amide bonds. The van der Waals surface area contributed by atoms with E-state index in [9.17, 15) is 13.6 Å². The number of aromatic nitrogens is 2. The first kappa shape index (κ1) is 22.8. The highest BCUT2D eigenvalue weighted by Crippen LogP contribution is 2.34. The minimum Gasteiger partial charge on any atom is -0.465 e. The van der Waals surface area contributed by atoms with Crippen molar-refractivity contribution in [1.29, 1.82) is 0 Å². The zero-order chi connectivity index (χ0) is 23.4. The summed E-state index contributed by atoms with van der Waals surface area (Å²) in [6.07, 6.45) is 0. The van der Waals surface area contributed by atoms with E-state index in [1.807, 2.05) is 6.92 Å². The van der Waals surface area contributed by atoms with Crippen molar-refractivity contribution in [1.82, 2.24) is 15.3 Å². The number of nitrogens with zero attached hydrogens (tertiary/aromatic N) is 2. The molecule has 33 heavy (non-hydrogen) atoms. The number of benzene rings is 2. The number of halogens is 2. The number of methoxy groups -OCH3 is 1. The minimum absolute atomic E-state index is 0.279. The first-order chi connectivity index (χ1) is 15.9. The Hall–Kier alpha value is -3.43. The van der Waals surface area contributed by atoms with Crippen LogP contribution in [-0.4, -0.2) is 23.0 Å². The number of fused-ring (bicyclic) bond motifs is 1. The molecule has 4 aromatic rings. The summed E-state index contributed by atoms with van der Waals surface area (Å²) < 4.78 is 31.2. The average molecular weight is 469 g/mol. The predicted molar refractivity (Wildman–Crippen MR) is 124 cm³/mol. The van der Waals surface area contributed by atoms with Gasteiger partial charge in [0.05, 0.1) is 19.0 Å². The van der Waals surface area contributed by atoms with E-state index in [0.717, 1.165) is 22.1 Å². The third-order valence-corrected chi connectivity index (χ3v) is 6.27. The lowest BCUT2D eigenvalue weighted by Gasteiger charge is -2.11. The van der Waals surface area contributed by atoms with Gasteiger partial charge in [0.25, 0.3) is 0 Å². The maximum atomic E-state index is 13.2. The van der Waals surface area contributed by atoms with Crippen LogP contribution in [0.2, 0.25) is 0 Å². The van der Waals surface area contributed by atoms with Crippen molar-refractivity contribution in [2.75, 3.05) is 12.4 Å². The fourth-order valence-corrected chi connectivity index (χ4v) is 4.50. The van der Waals surface area contributed by atoms with Crippen LogP contribution in [0.1, 0.15) is 32.2 Å². The quantitative estimate of drug-likeness (QED) is 0.356. The molecule has 0 saturated carbocycles. The molecule has 0 aliphatic heterocycles. The van der Waals surface area contributed by atoms with Gasteiger partial charge in [-0.3, -0.25) is 0 Å². The molecule has 170 valence electrons. The Kier molecular flexibility index (Phi) is 6.90. The van der Waals surface area contributed by atoms with Gasteiger partial charge < -0.3 is 15.4 Å². The summed E-state index contributed by atoms with van der Waals surface area (Å²) in [5.41, 5.74) is 2.57. The summed E-state index contributed by atoms with van der Waals surface area (Å²) in [6, 6.07) is 12.5. The molecule has 0 radical (unpaired) electrons. The van der Waals surface area contributed by atoms with Crippen LogP contribution < -0.4 is 10.6 Å².